The van der Waals surface area contributed by atoms with Crippen LogP contribution in [-0.4, -0.2) is 35.2 Å². The first kappa shape index (κ1) is 13.4. The van der Waals surface area contributed by atoms with Crippen LogP contribution in [0.1, 0.15) is 17.3 Å². The van der Waals surface area contributed by atoms with E-state index in [1.807, 2.05) is 6.92 Å². The number of anilines is 1. The van der Waals surface area contributed by atoms with Crippen molar-refractivity contribution in [3.63, 3.8) is 0 Å². The quantitative estimate of drug-likeness (QED) is 0.608. The summed E-state index contributed by atoms with van der Waals surface area (Å²) in [7, 11) is 0. The summed E-state index contributed by atoms with van der Waals surface area (Å²) in [6.45, 7) is 3.34. The molecule has 6 nitrogen and oxygen atoms in total. The molecule has 19 heavy (non-hydrogen) atoms. The van der Waals surface area contributed by atoms with Crippen LogP contribution in [0.3, 0.4) is 0 Å². The van der Waals surface area contributed by atoms with Crippen molar-refractivity contribution in [1.82, 2.24) is 5.32 Å². The van der Waals surface area contributed by atoms with Crippen LogP contribution in [0.15, 0.2) is 18.2 Å². The predicted octanol–water partition coefficient (Wildman–Crippen LogP) is 0.884. The van der Waals surface area contributed by atoms with Gasteiger partial charge in [-0.05, 0) is 30.7 Å². The zero-order valence-electron chi connectivity index (χ0n) is 10.5. The molecule has 2 rings (SSSR count). The summed E-state index contributed by atoms with van der Waals surface area (Å²) >= 11 is 0. The molecule has 1 saturated heterocycles. The van der Waals surface area contributed by atoms with Gasteiger partial charge in [-0.1, -0.05) is 6.92 Å². The van der Waals surface area contributed by atoms with Crippen molar-refractivity contribution in [2.24, 2.45) is 11.8 Å². The van der Waals surface area contributed by atoms with Crippen molar-refractivity contribution in [3.8, 4) is 5.75 Å². The molecule has 4 N–H and O–H groups in total. The van der Waals surface area contributed by atoms with E-state index in [-0.39, 0.29) is 34.7 Å². The number of carboxylic acid groups (broad SMARTS) is 1. The fraction of sp³-hybridized carbons (Fsp3) is 0.385. The maximum Gasteiger partial charge on any atom is 0.335 e. The highest BCUT2D eigenvalue weighted by Gasteiger charge is 2.29. The van der Waals surface area contributed by atoms with Gasteiger partial charge in [0.2, 0.25) is 5.91 Å². The number of rotatable bonds is 3. The number of carbonyl (C=O) groups is 2. The minimum absolute atomic E-state index is 0.0192. The van der Waals surface area contributed by atoms with Gasteiger partial charge in [0.1, 0.15) is 5.75 Å². The highest BCUT2D eigenvalue weighted by molar-refractivity contribution is 5.96. The number of aromatic carboxylic acids is 1. The number of hydrogen-bond acceptors (Lipinski definition) is 4. The van der Waals surface area contributed by atoms with Gasteiger partial charge in [-0.15, -0.1) is 0 Å². The van der Waals surface area contributed by atoms with Gasteiger partial charge >= 0.3 is 5.97 Å². The van der Waals surface area contributed by atoms with E-state index in [0.717, 1.165) is 6.54 Å². The number of phenols is 1. The molecule has 0 saturated carbocycles. The van der Waals surface area contributed by atoms with Crippen molar-refractivity contribution in [2.75, 3.05) is 18.4 Å². The lowest BCUT2D eigenvalue weighted by atomic mass is 9.97. The first-order valence-corrected chi connectivity index (χ1v) is 6.07. The van der Waals surface area contributed by atoms with E-state index >= 15 is 0 Å². The Hall–Kier alpha value is -2.08. The van der Waals surface area contributed by atoms with Gasteiger partial charge in [0.05, 0.1) is 17.2 Å². The van der Waals surface area contributed by atoms with Crippen molar-refractivity contribution in [2.45, 2.75) is 6.92 Å². The molecule has 1 heterocycles. The smallest absolute Gasteiger partial charge is 0.335 e. The molecule has 1 aliphatic heterocycles. The average Bonchev–Trinajstić information content (AvgIpc) is 2.78. The van der Waals surface area contributed by atoms with E-state index in [9.17, 15) is 14.7 Å². The summed E-state index contributed by atoms with van der Waals surface area (Å²) in [5.41, 5.74) is 0.148. The predicted molar refractivity (Wildman–Crippen MR) is 69.2 cm³/mol. The second kappa shape index (κ2) is 5.27. The number of nitrogens with one attached hydrogen (secondary N) is 2. The number of benzene rings is 1. The van der Waals surface area contributed by atoms with Gasteiger partial charge in [0, 0.05) is 6.54 Å². The summed E-state index contributed by atoms with van der Waals surface area (Å²) in [6, 6.07) is 3.80. The molecule has 1 aliphatic rings. The second-order valence-corrected chi connectivity index (χ2v) is 4.77. The number of aromatic hydroxyl groups is 1. The Morgan fingerprint density at radius 1 is 1.37 bits per heavy atom. The topological polar surface area (TPSA) is 98.7 Å². The van der Waals surface area contributed by atoms with Crippen LogP contribution in [0.4, 0.5) is 5.69 Å². The number of phenolic OH excluding ortho intramolecular Hbond substituents is 1. The Kier molecular flexibility index (Phi) is 3.71. The summed E-state index contributed by atoms with van der Waals surface area (Å²) in [5.74, 6) is -1.42. The Morgan fingerprint density at radius 3 is 2.68 bits per heavy atom. The van der Waals surface area contributed by atoms with E-state index < -0.39 is 5.97 Å². The second-order valence-electron chi connectivity index (χ2n) is 4.77. The molecule has 1 fully saturated rings. The van der Waals surface area contributed by atoms with Crippen molar-refractivity contribution >= 4 is 17.6 Å². The zero-order chi connectivity index (χ0) is 14.0. The fourth-order valence-electron chi connectivity index (χ4n) is 2.16. The summed E-state index contributed by atoms with van der Waals surface area (Å²) < 4.78 is 0. The lowest BCUT2D eigenvalue weighted by Gasteiger charge is -2.15. The van der Waals surface area contributed by atoms with Gasteiger partial charge in [-0.25, -0.2) is 4.79 Å². The van der Waals surface area contributed by atoms with Crippen LogP contribution in [0, 0.1) is 11.8 Å². The molecule has 0 spiro atoms. The molecule has 1 aromatic carbocycles. The number of carbonyl (C=O) groups excluding carboxylic acids is 1. The van der Waals surface area contributed by atoms with E-state index in [1.165, 1.54) is 18.2 Å². The minimum Gasteiger partial charge on any atom is -0.506 e. The lowest BCUT2D eigenvalue weighted by Crippen LogP contribution is -2.27. The third-order valence-corrected chi connectivity index (χ3v) is 3.36. The summed E-state index contributed by atoms with van der Waals surface area (Å²) in [6.07, 6.45) is 0. The summed E-state index contributed by atoms with van der Waals surface area (Å²) in [4.78, 5) is 22.9. The Labute approximate surface area is 110 Å². The Bertz CT molecular complexity index is 515. The van der Waals surface area contributed by atoms with E-state index in [2.05, 4.69) is 10.6 Å². The molecule has 0 aromatic heterocycles. The van der Waals surface area contributed by atoms with Crippen LogP contribution < -0.4 is 10.6 Å². The fourth-order valence-corrected chi connectivity index (χ4v) is 2.16. The highest BCUT2D eigenvalue weighted by Crippen LogP contribution is 2.26. The first-order chi connectivity index (χ1) is 8.99. The minimum atomic E-state index is -1.11. The lowest BCUT2D eigenvalue weighted by molar-refractivity contribution is -0.120. The third-order valence-electron chi connectivity index (χ3n) is 3.36. The molecule has 0 aliphatic carbocycles. The zero-order valence-corrected chi connectivity index (χ0v) is 10.5. The van der Waals surface area contributed by atoms with E-state index in [0.29, 0.717) is 6.54 Å². The van der Waals surface area contributed by atoms with E-state index in [4.69, 9.17) is 5.11 Å². The maximum absolute atomic E-state index is 12.0. The molecule has 102 valence electrons. The average molecular weight is 264 g/mol. The number of hydrogen-bond donors (Lipinski definition) is 4. The molecule has 2 atom stereocenters. The molecular weight excluding hydrogens is 248 g/mol. The van der Waals surface area contributed by atoms with Crippen LogP contribution in [0.2, 0.25) is 0 Å². The monoisotopic (exact) mass is 264 g/mol. The number of carboxylic acids is 1. The standard InChI is InChI=1S/C13H16N2O4/c1-7-5-14-6-9(7)12(17)15-10-4-8(13(18)19)2-3-11(10)16/h2-4,7,9,14,16H,5-6H2,1H3,(H,15,17)(H,18,19). The van der Waals surface area contributed by atoms with Crippen LogP contribution in [-0.2, 0) is 4.79 Å². The van der Waals surface area contributed by atoms with Gasteiger partial charge in [0.25, 0.3) is 0 Å². The first-order valence-electron chi connectivity index (χ1n) is 6.07. The van der Waals surface area contributed by atoms with E-state index in [1.54, 1.807) is 0 Å². The van der Waals surface area contributed by atoms with Crippen molar-refractivity contribution < 1.29 is 19.8 Å². The number of amides is 1. The van der Waals surface area contributed by atoms with Crippen molar-refractivity contribution in [3.05, 3.63) is 23.8 Å². The molecule has 6 heteroatoms. The Morgan fingerprint density at radius 2 is 2.11 bits per heavy atom. The van der Waals surface area contributed by atoms with Gasteiger partial charge in [0.15, 0.2) is 0 Å². The molecule has 1 amide bonds. The normalized spacial score (nSPS) is 22.2. The molecule has 0 bridgehead atoms. The van der Waals surface area contributed by atoms with Gasteiger partial charge in [-0.2, -0.15) is 0 Å². The van der Waals surface area contributed by atoms with Gasteiger partial charge in [-0.3, -0.25) is 4.79 Å². The van der Waals surface area contributed by atoms with Crippen LogP contribution in [0.5, 0.6) is 5.75 Å². The third kappa shape index (κ3) is 2.85. The molecular formula is C13H16N2O4. The van der Waals surface area contributed by atoms with Crippen LogP contribution >= 0.6 is 0 Å². The summed E-state index contributed by atoms with van der Waals surface area (Å²) in [5, 5.41) is 24.2. The van der Waals surface area contributed by atoms with Gasteiger partial charge < -0.3 is 20.8 Å². The molecule has 2 unspecified atom stereocenters. The molecule has 1 aromatic rings. The highest BCUT2D eigenvalue weighted by atomic mass is 16.4. The SMILES string of the molecule is CC1CNCC1C(=O)Nc1cc(C(=O)O)ccc1O. The van der Waals surface area contributed by atoms with Crippen LogP contribution in [0.25, 0.3) is 0 Å². The Balaban J connectivity index is 2.16. The van der Waals surface area contributed by atoms with Crippen molar-refractivity contribution in [1.29, 1.82) is 0 Å². The molecule has 0 radical (unpaired) electrons. The maximum atomic E-state index is 12.0. The largest absolute Gasteiger partial charge is 0.506 e.